The molecular weight excluding hydrogens is 249 g/mol. The molecule has 6 nitrogen and oxygen atoms in total. The first-order valence-electron chi connectivity index (χ1n) is 5.23. The van der Waals surface area contributed by atoms with Crippen LogP contribution in [0.4, 0.5) is 16.2 Å². The van der Waals surface area contributed by atoms with Crippen LogP contribution < -0.4 is 16.2 Å². The molecule has 19 heavy (non-hydrogen) atoms. The molecule has 0 fully saturated rings. The van der Waals surface area contributed by atoms with E-state index in [1.807, 2.05) is 6.07 Å². The Bertz CT molecular complexity index is 681. The molecule has 2 aromatic rings. The fourth-order valence-electron chi connectivity index (χ4n) is 1.61. The Morgan fingerprint density at radius 1 is 1.32 bits per heavy atom. The minimum absolute atomic E-state index is 0.0265. The summed E-state index contributed by atoms with van der Waals surface area (Å²) in [4.78, 5) is 7.55. The minimum atomic E-state index is -0.560. The third kappa shape index (κ3) is 2.24. The van der Waals surface area contributed by atoms with Gasteiger partial charge < -0.3 is 16.2 Å². The number of benzene rings is 1. The van der Waals surface area contributed by atoms with Gasteiger partial charge in [-0.25, -0.2) is 9.37 Å². The molecule has 0 amide bonds. The van der Waals surface area contributed by atoms with Crippen molar-refractivity contribution in [1.82, 2.24) is 9.97 Å². The normalized spacial score (nSPS) is 9.95. The van der Waals surface area contributed by atoms with Crippen molar-refractivity contribution in [2.75, 3.05) is 18.6 Å². The number of hydrogen-bond donors (Lipinski definition) is 2. The molecule has 0 saturated carbocycles. The smallest absolute Gasteiger partial charge is 0.222 e. The molecule has 0 aliphatic carbocycles. The van der Waals surface area contributed by atoms with Crippen LogP contribution in [-0.4, -0.2) is 17.1 Å². The lowest BCUT2D eigenvalue weighted by Gasteiger charge is -2.09. The predicted octanol–water partition coefficient (Wildman–Crippen LogP) is 1.33. The Balaban J connectivity index is 2.75. The van der Waals surface area contributed by atoms with Crippen LogP contribution in [0.15, 0.2) is 18.2 Å². The molecular formula is C12H10FN5O. The highest BCUT2D eigenvalue weighted by atomic mass is 19.1. The third-order valence-electron chi connectivity index (χ3n) is 2.49. The summed E-state index contributed by atoms with van der Waals surface area (Å²) in [7, 11) is 1.45. The Morgan fingerprint density at radius 2 is 2.05 bits per heavy atom. The van der Waals surface area contributed by atoms with Gasteiger partial charge in [-0.1, -0.05) is 0 Å². The molecule has 0 radical (unpaired) electrons. The van der Waals surface area contributed by atoms with Crippen molar-refractivity contribution in [2.45, 2.75) is 0 Å². The van der Waals surface area contributed by atoms with Crippen molar-refractivity contribution in [3.8, 4) is 23.1 Å². The first kappa shape index (κ1) is 12.6. The van der Waals surface area contributed by atoms with Crippen LogP contribution in [0.25, 0.3) is 11.3 Å². The number of rotatable bonds is 2. The van der Waals surface area contributed by atoms with E-state index < -0.39 is 5.82 Å². The highest BCUT2D eigenvalue weighted by Crippen LogP contribution is 2.30. The van der Waals surface area contributed by atoms with Gasteiger partial charge in [-0.05, 0) is 18.2 Å². The number of aromatic nitrogens is 2. The van der Waals surface area contributed by atoms with Gasteiger partial charge in [0.05, 0.1) is 12.8 Å². The molecule has 7 heteroatoms. The number of halogens is 1. The maximum Gasteiger partial charge on any atom is 0.222 e. The van der Waals surface area contributed by atoms with E-state index in [0.29, 0.717) is 5.75 Å². The second-order valence-electron chi connectivity index (χ2n) is 3.65. The summed E-state index contributed by atoms with van der Waals surface area (Å²) in [6, 6.07) is 5.92. The number of nitrogens with two attached hydrogens (primary N) is 2. The first-order valence-corrected chi connectivity index (χ1v) is 5.23. The van der Waals surface area contributed by atoms with Crippen LogP contribution >= 0.6 is 0 Å². The van der Waals surface area contributed by atoms with Crippen molar-refractivity contribution in [3.63, 3.8) is 0 Å². The van der Waals surface area contributed by atoms with E-state index in [1.54, 1.807) is 0 Å². The van der Waals surface area contributed by atoms with Gasteiger partial charge in [0.2, 0.25) is 5.95 Å². The number of hydrogen-bond acceptors (Lipinski definition) is 6. The van der Waals surface area contributed by atoms with Crippen molar-refractivity contribution < 1.29 is 9.13 Å². The second kappa shape index (κ2) is 4.78. The number of methoxy groups -OCH3 is 1. The molecule has 0 aliphatic heterocycles. The minimum Gasteiger partial charge on any atom is -0.497 e. The first-order chi connectivity index (χ1) is 9.06. The average molecular weight is 259 g/mol. The zero-order valence-corrected chi connectivity index (χ0v) is 10.0. The molecule has 0 aliphatic rings. The number of nitrogen functional groups attached to an aromatic ring is 2. The Labute approximate surface area is 108 Å². The summed E-state index contributed by atoms with van der Waals surface area (Å²) in [6.45, 7) is 0. The fourth-order valence-corrected chi connectivity index (χ4v) is 1.61. The van der Waals surface area contributed by atoms with E-state index in [4.69, 9.17) is 21.5 Å². The zero-order valence-electron chi connectivity index (χ0n) is 10.0. The lowest BCUT2D eigenvalue weighted by Crippen LogP contribution is -2.05. The van der Waals surface area contributed by atoms with E-state index in [-0.39, 0.29) is 28.6 Å². The Kier molecular flexibility index (Phi) is 3.16. The fraction of sp³-hybridized carbons (Fsp3) is 0.0833. The van der Waals surface area contributed by atoms with Crippen LogP contribution in [0.1, 0.15) is 5.56 Å². The van der Waals surface area contributed by atoms with Gasteiger partial charge in [0.15, 0.2) is 0 Å². The number of nitrogens with zero attached hydrogens (tertiary/aromatic N) is 3. The van der Waals surface area contributed by atoms with Crippen LogP contribution in [0.5, 0.6) is 5.75 Å². The Hall–Kier alpha value is -2.88. The molecule has 0 saturated heterocycles. The summed E-state index contributed by atoms with van der Waals surface area (Å²) in [5.41, 5.74) is 11.2. The molecule has 2 rings (SSSR count). The molecule has 1 aromatic heterocycles. The third-order valence-corrected chi connectivity index (χ3v) is 2.49. The SMILES string of the molecule is COc1ccc(F)c(-c2nc(N)nc(N)c2C#N)c1. The average Bonchev–Trinajstić information content (AvgIpc) is 2.38. The van der Waals surface area contributed by atoms with Crippen molar-refractivity contribution in [3.05, 3.63) is 29.6 Å². The molecule has 0 atom stereocenters. The molecule has 1 aromatic carbocycles. The number of nitriles is 1. The number of anilines is 2. The molecule has 0 bridgehead atoms. The summed E-state index contributed by atoms with van der Waals surface area (Å²) < 4.78 is 18.9. The highest BCUT2D eigenvalue weighted by molar-refractivity contribution is 5.74. The maximum absolute atomic E-state index is 13.9. The zero-order chi connectivity index (χ0) is 14.0. The summed E-state index contributed by atoms with van der Waals surface area (Å²) in [5, 5.41) is 9.06. The number of ether oxygens (including phenoxy) is 1. The van der Waals surface area contributed by atoms with Crippen LogP contribution in [-0.2, 0) is 0 Å². The van der Waals surface area contributed by atoms with Gasteiger partial charge in [-0.3, -0.25) is 0 Å². The van der Waals surface area contributed by atoms with Gasteiger partial charge in [-0.15, -0.1) is 0 Å². The second-order valence-corrected chi connectivity index (χ2v) is 3.65. The summed E-state index contributed by atoms with van der Waals surface area (Å²) in [6.07, 6.45) is 0. The van der Waals surface area contributed by atoms with Gasteiger partial charge in [0.1, 0.15) is 29.0 Å². The standard InChI is InChI=1S/C12H10FN5O/c1-19-6-2-3-9(13)7(4-6)10-8(5-14)11(15)18-12(16)17-10/h2-4H,1H3,(H4,15,16,17,18). The molecule has 96 valence electrons. The van der Waals surface area contributed by atoms with E-state index in [9.17, 15) is 4.39 Å². The van der Waals surface area contributed by atoms with E-state index in [2.05, 4.69) is 9.97 Å². The molecule has 0 spiro atoms. The van der Waals surface area contributed by atoms with Crippen LogP contribution in [0.2, 0.25) is 0 Å². The lowest BCUT2D eigenvalue weighted by molar-refractivity contribution is 0.414. The van der Waals surface area contributed by atoms with Crippen molar-refractivity contribution >= 4 is 11.8 Å². The quantitative estimate of drug-likeness (QED) is 0.841. The van der Waals surface area contributed by atoms with Crippen molar-refractivity contribution in [2.24, 2.45) is 0 Å². The van der Waals surface area contributed by atoms with Gasteiger partial charge in [0.25, 0.3) is 0 Å². The monoisotopic (exact) mass is 259 g/mol. The van der Waals surface area contributed by atoms with Gasteiger partial charge in [-0.2, -0.15) is 10.2 Å². The van der Waals surface area contributed by atoms with Crippen LogP contribution in [0, 0.1) is 17.1 Å². The van der Waals surface area contributed by atoms with E-state index in [1.165, 1.54) is 25.3 Å². The van der Waals surface area contributed by atoms with Gasteiger partial charge >= 0.3 is 0 Å². The molecule has 1 heterocycles. The van der Waals surface area contributed by atoms with Crippen molar-refractivity contribution in [1.29, 1.82) is 5.26 Å². The van der Waals surface area contributed by atoms with E-state index >= 15 is 0 Å². The molecule has 4 N–H and O–H groups in total. The summed E-state index contributed by atoms with van der Waals surface area (Å²) >= 11 is 0. The lowest BCUT2D eigenvalue weighted by atomic mass is 10.1. The Morgan fingerprint density at radius 3 is 2.68 bits per heavy atom. The largest absolute Gasteiger partial charge is 0.497 e. The molecule has 0 unspecified atom stereocenters. The van der Waals surface area contributed by atoms with E-state index in [0.717, 1.165) is 0 Å². The van der Waals surface area contributed by atoms with Gasteiger partial charge in [0, 0.05) is 5.56 Å². The van der Waals surface area contributed by atoms with Crippen LogP contribution in [0.3, 0.4) is 0 Å². The topological polar surface area (TPSA) is 111 Å². The highest BCUT2D eigenvalue weighted by Gasteiger charge is 2.17. The predicted molar refractivity (Wildman–Crippen MR) is 67.5 cm³/mol. The summed E-state index contributed by atoms with van der Waals surface area (Å²) in [5.74, 6) is -0.355. The maximum atomic E-state index is 13.9.